The Morgan fingerprint density at radius 2 is 1.94 bits per heavy atom. The van der Waals surface area contributed by atoms with Crippen LogP contribution in [-0.2, 0) is 12.0 Å². The molecule has 10 heteroatoms. The lowest BCUT2D eigenvalue weighted by Gasteiger charge is -2.23. The van der Waals surface area contributed by atoms with Crippen LogP contribution < -0.4 is 4.73 Å². The molecule has 8 nitrogen and oxygen atoms in total. The van der Waals surface area contributed by atoms with E-state index in [0.29, 0.717) is 46.8 Å². The molecular weight excluding hydrogens is 471 g/mol. The molecule has 0 bridgehead atoms. The van der Waals surface area contributed by atoms with Crippen LogP contribution in [0.5, 0.6) is 0 Å². The van der Waals surface area contributed by atoms with Crippen molar-refractivity contribution in [1.29, 1.82) is 0 Å². The molecule has 1 atom stereocenters. The predicted molar refractivity (Wildman–Crippen MR) is 127 cm³/mol. The lowest BCUT2D eigenvalue weighted by Crippen LogP contribution is -2.45. The Labute approximate surface area is 204 Å². The van der Waals surface area contributed by atoms with Crippen LogP contribution in [0.1, 0.15) is 29.7 Å². The molecular formula is C25H18ClFN6O2. The largest absolute Gasteiger partial charge is 0.618 e. The van der Waals surface area contributed by atoms with Crippen molar-refractivity contribution in [3.63, 3.8) is 0 Å². The fraction of sp³-hybridized carbons (Fsp3) is 0.160. The molecule has 174 valence electrons. The number of halogens is 2. The van der Waals surface area contributed by atoms with Crippen LogP contribution in [0.3, 0.4) is 0 Å². The number of pyridine rings is 1. The van der Waals surface area contributed by atoms with Gasteiger partial charge in [0, 0.05) is 34.3 Å². The van der Waals surface area contributed by atoms with E-state index in [0.717, 1.165) is 21.4 Å². The Hall–Kier alpha value is -3.95. The molecule has 0 saturated heterocycles. The van der Waals surface area contributed by atoms with Gasteiger partial charge in [-0.05, 0) is 70.8 Å². The highest BCUT2D eigenvalue weighted by atomic mass is 35.5. The first-order valence-electron chi connectivity index (χ1n) is 11.0. The summed E-state index contributed by atoms with van der Waals surface area (Å²) in [6, 6.07) is 13.3. The third-order valence-electron chi connectivity index (χ3n) is 6.55. The summed E-state index contributed by atoms with van der Waals surface area (Å²) in [6.07, 6.45) is 5.79. The lowest BCUT2D eigenvalue weighted by molar-refractivity contribution is -0.619. The number of benzene rings is 2. The highest BCUT2D eigenvalue weighted by molar-refractivity contribution is 6.31. The predicted octanol–water partition coefficient (Wildman–Crippen LogP) is 3.77. The summed E-state index contributed by atoms with van der Waals surface area (Å²) in [5.74, 6) is -0.317. The number of aliphatic hydroxyl groups is 1. The Balaban J connectivity index is 1.36. The zero-order chi connectivity index (χ0) is 24.2. The molecule has 2 aliphatic rings. The maximum Gasteiger partial charge on any atom is 0.233 e. The van der Waals surface area contributed by atoms with Crippen molar-refractivity contribution < 1.29 is 14.2 Å². The number of aliphatic imine (C=N–C) groups is 1. The summed E-state index contributed by atoms with van der Waals surface area (Å²) in [5, 5.41) is 36.8. The minimum Gasteiger partial charge on any atom is -0.618 e. The standard InChI is InChI=1S/C25H18ClFN6O2/c26-19-3-6-22(32-14-29-30-31-32)21(11-19)18-9-16-7-8-25(34,24(16)33(35)13-18)23-10-17(12-28-23)15-1-4-20(27)5-2-15/h1-6,9,11-14,34H,7-8,10H2. The normalized spacial score (nSPS) is 18.9. The van der Waals surface area contributed by atoms with Crippen molar-refractivity contribution >= 4 is 22.9 Å². The summed E-state index contributed by atoms with van der Waals surface area (Å²) in [6.45, 7) is 0. The van der Waals surface area contributed by atoms with E-state index >= 15 is 0 Å². The molecule has 6 rings (SSSR count). The Morgan fingerprint density at radius 1 is 1.11 bits per heavy atom. The number of hydrogen-bond donors (Lipinski definition) is 1. The maximum absolute atomic E-state index is 13.3. The molecule has 1 aliphatic heterocycles. The molecule has 1 N–H and O–H groups in total. The number of aromatic nitrogens is 5. The average Bonchev–Trinajstić information content (AvgIpc) is 3.61. The van der Waals surface area contributed by atoms with Crippen LogP contribution >= 0.6 is 11.6 Å². The van der Waals surface area contributed by atoms with E-state index in [2.05, 4.69) is 20.5 Å². The molecule has 2 aromatic carbocycles. The Morgan fingerprint density at radius 3 is 2.71 bits per heavy atom. The molecule has 1 unspecified atom stereocenters. The van der Waals surface area contributed by atoms with Gasteiger partial charge >= 0.3 is 0 Å². The highest BCUT2D eigenvalue weighted by Gasteiger charge is 2.49. The monoisotopic (exact) mass is 488 g/mol. The van der Waals surface area contributed by atoms with Gasteiger partial charge in [0.15, 0.2) is 11.8 Å². The molecule has 2 aromatic heterocycles. The number of fused-ring (bicyclic) bond motifs is 1. The van der Waals surface area contributed by atoms with Gasteiger partial charge in [0.25, 0.3) is 0 Å². The van der Waals surface area contributed by atoms with E-state index in [9.17, 15) is 14.7 Å². The first kappa shape index (κ1) is 21.6. The quantitative estimate of drug-likeness (QED) is 0.348. The first-order chi connectivity index (χ1) is 16.9. The molecule has 0 spiro atoms. The van der Waals surface area contributed by atoms with Gasteiger partial charge in [0.05, 0.1) is 11.4 Å². The summed E-state index contributed by atoms with van der Waals surface area (Å²) >= 11 is 6.26. The summed E-state index contributed by atoms with van der Waals surface area (Å²) in [4.78, 5) is 4.47. The molecule has 3 heterocycles. The van der Waals surface area contributed by atoms with Crippen LogP contribution in [0, 0.1) is 11.0 Å². The maximum atomic E-state index is 13.3. The zero-order valence-corrected chi connectivity index (χ0v) is 19.0. The van der Waals surface area contributed by atoms with Crippen LogP contribution in [0.25, 0.3) is 22.4 Å². The van der Waals surface area contributed by atoms with Gasteiger partial charge in [-0.2, -0.15) is 9.41 Å². The Kier molecular flexibility index (Phi) is 4.98. The van der Waals surface area contributed by atoms with E-state index in [4.69, 9.17) is 11.6 Å². The SMILES string of the molecule is [O-][n+]1cc(-c2cc(Cl)ccc2-n2cnnn2)cc2c1C(O)(C1=NC=C(c3ccc(F)cc3)C1)CC2. The molecule has 0 fully saturated rings. The second-order valence-electron chi connectivity index (χ2n) is 8.62. The molecule has 0 saturated carbocycles. The van der Waals surface area contributed by atoms with Gasteiger partial charge < -0.3 is 10.3 Å². The average molecular weight is 489 g/mol. The van der Waals surface area contributed by atoms with Crippen LogP contribution in [0.4, 0.5) is 4.39 Å². The van der Waals surface area contributed by atoms with Gasteiger partial charge in [0.1, 0.15) is 12.1 Å². The minimum absolute atomic E-state index is 0.278. The van der Waals surface area contributed by atoms with Gasteiger partial charge in [-0.15, -0.1) is 5.10 Å². The summed E-state index contributed by atoms with van der Waals surface area (Å²) < 4.78 is 15.5. The second kappa shape index (κ2) is 8.07. The van der Waals surface area contributed by atoms with Crippen LogP contribution in [-0.4, -0.2) is 31.0 Å². The van der Waals surface area contributed by atoms with Crippen molar-refractivity contribution in [3.05, 3.63) is 100 Å². The third-order valence-corrected chi connectivity index (χ3v) is 6.79. The number of nitrogens with zero attached hydrogens (tertiary/aromatic N) is 6. The van der Waals surface area contributed by atoms with Gasteiger partial charge in [0.2, 0.25) is 5.69 Å². The number of allylic oxidation sites excluding steroid dienone is 1. The smallest absolute Gasteiger partial charge is 0.233 e. The fourth-order valence-corrected chi connectivity index (χ4v) is 5.03. The molecule has 1 aliphatic carbocycles. The van der Waals surface area contributed by atoms with Gasteiger partial charge in [-0.25, -0.2) is 4.39 Å². The van der Waals surface area contributed by atoms with Crippen molar-refractivity contribution in [2.24, 2.45) is 4.99 Å². The highest BCUT2D eigenvalue weighted by Crippen LogP contribution is 2.42. The fourth-order valence-electron chi connectivity index (χ4n) is 4.86. The van der Waals surface area contributed by atoms with Crippen molar-refractivity contribution in [2.45, 2.75) is 24.9 Å². The Bertz CT molecular complexity index is 1520. The molecule has 4 aromatic rings. The van der Waals surface area contributed by atoms with E-state index in [-0.39, 0.29) is 11.5 Å². The van der Waals surface area contributed by atoms with Crippen molar-refractivity contribution in [1.82, 2.24) is 20.2 Å². The molecule has 35 heavy (non-hydrogen) atoms. The molecule has 0 radical (unpaired) electrons. The third kappa shape index (κ3) is 3.60. The summed E-state index contributed by atoms with van der Waals surface area (Å²) in [5.41, 5.74) is 3.71. The number of rotatable bonds is 4. The van der Waals surface area contributed by atoms with Crippen LogP contribution in [0.15, 0.2) is 72.2 Å². The van der Waals surface area contributed by atoms with Crippen molar-refractivity contribution in [3.8, 4) is 16.8 Å². The number of aryl methyl sites for hydroxylation is 1. The summed E-state index contributed by atoms with van der Waals surface area (Å²) in [7, 11) is 0. The topological polar surface area (TPSA) is 103 Å². The zero-order valence-electron chi connectivity index (χ0n) is 18.3. The lowest BCUT2D eigenvalue weighted by atomic mass is 9.89. The minimum atomic E-state index is -1.49. The van der Waals surface area contributed by atoms with Gasteiger partial charge in [-0.1, -0.05) is 23.7 Å². The number of tetrazole rings is 1. The van der Waals surface area contributed by atoms with E-state index in [1.807, 2.05) is 6.07 Å². The van der Waals surface area contributed by atoms with Crippen molar-refractivity contribution in [2.75, 3.05) is 0 Å². The van der Waals surface area contributed by atoms with Crippen LogP contribution in [0.2, 0.25) is 5.02 Å². The van der Waals surface area contributed by atoms with Gasteiger partial charge in [-0.3, -0.25) is 4.99 Å². The van der Waals surface area contributed by atoms with E-state index < -0.39 is 5.60 Å². The first-order valence-corrected chi connectivity index (χ1v) is 11.3. The van der Waals surface area contributed by atoms with E-state index in [1.165, 1.54) is 29.3 Å². The molecule has 0 amide bonds. The number of hydrogen-bond acceptors (Lipinski definition) is 6. The van der Waals surface area contributed by atoms with E-state index in [1.54, 1.807) is 36.5 Å². The second-order valence-corrected chi connectivity index (χ2v) is 9.05.